The first kappa shape index (κ1) is 11.2. The molecule has 17 heavy (non-hydrogen) atoms. The molecule has 2 aromatic carbocycles. The monoisotopic (exact) mass is 221 g/mol. The van der Waals surface area contributed by atoms with Crippen molar-refractivity contribution in [1.29, 1.82) is 0 Å². The molecule has 84 valence electrons. The van der Waals surface area contributed by atoms with Gasteiger partial charge < -0.3 is 5.73 Å². The van der Waals surface area contributed by atoms with Crippen molar-refractivity contribution in [2.45, 2.75) is 0 Å². The fraction of sp³-hybridized carbons (Fsp3) is 0. The molecule has 0 aliphatic heterocycles. The number of hydrogen-bond donors (Lipinski definition) is 1. The third-order valence-electron chi connectivity index (χ3n) is 2.72. The Labute approximate surface area is 102 Å². The van der Waals surface area contributed by atoms with E-state index < -0.39 is 0 Å². The highest BCUT2D eigenvalue weighted by Gasteiger charge is 1.99. The summed E-state index contributed by atoms with van der Waals surface area (Å²) in [5.41, 5.74) is 9.99. The maximum absolute atomic E-state index is 5.53. The highest BCUT2D eigenvalue weighted by Crippen LogP contribution is 2.22. The van der Waals surface area contributed by atoms with Crippen LogP contribution < -0.4 is 5.73 Å². The summed E-state index contributed by atoms with van der Waals surface area (Å²) in [6.45, 7) is 3.74. The summed E-state index contributed by atoms with van der Waals surface area (Å²) < 4.78 is 0. The molecule has 0 radical (unpaired) electrons. The average molecular weight is 221 g/mol. The van der Waals surface area contributed by atoms with Gasteiger partial charge in [-0.05, 0) is 22.3 Å². The molecule has 2 rings (SSSR count). The molecule has 2 aromatic rings. The van der Waals surface area contributed by atoms with Gasteiger partial charge in [-0.25, -0.2) is 0 Å². The van der Waals surface area contributed by atoms with E-state index in [1.807, 2.05) is 18.2 Å². The van der Waals surface area contributed by atoms with E-state index in [0.717, 1.165) is 11.1 Å². The highest BCUT2D eigenvalue weighted by atomic mass is 14.5. The molecule has 2 N–H and O–H groups in total. The van der Waals surface area contributed by atoms with Crippen LogP contribution in [0.1, 0.15) is 5.56 Å². The van der Waals surface area contributed by atoms with E-state index in [0.29, 0.717) is 0 Å². The average Bonchev–Trinajstić information content (AvgIpc) is 2.42. The van der Waals surface area contributed by atoms with Crippen molar-refractivity contribution in [3.63, 3.8) is 0 Å². The van der Waals surface area contributed by atoms with Crippen LogP contribution in [0.15, 0.2) is 73.5 Å². The Kier molecular flexibility index (Phi) is 3.41. The van der Waals surface area contributed by atoms with Gasteiger partial charge in [0.2, 0.25) is 0 Å². The zero-order valence-electron chi connectivity index (χ0n) is 9.64. The summed E-state index contributed by atoms with van der Waals surface area (Å²) in [4.78, 5) is 0. The van der Waals surface area contributed by atoms with Gasteiger partial charge in [0.05, 0.1) is 0 Å². The first-order valence-electron chi connectivity index (χ1n) is 5.55. The molecule has 0 aliphatic carbocycles. The Balaban J connectivity index is 2.34. The Morgan fingerprint density at radius 2 is 1.47 bits per heavy atom. The topological polar surface area (TPSA) is 26.0 Å². The first-order valence-corrected chi connectivity index (χ1v) is 5.55. The van der Waals surface area contributed by atoms with E-state index in [1.54, 1.807) is 12.3 Å². The van der Waals surface area contributed by atoms with Crippen LogP contribution in [0.3, 0.4) is 0 Å². The number of allylic oxidation sites excluding steroid dienone is 2. The van der Waals surface area contributed by atoms with Crippen LogP contribution in [0.4, 0.5) is 0 Å². The lowest BCUT2D eigenvalue weighted by Gasteiger charge is -2.04. The van der Waals surface area contributed by atoms with Crippen molar-refractivity contribution < 1.29 is 0 Å². The standard InChI is InChI=1S/C16H15N/c1-2-13(12-17)15-8-10-16(11-9-15)14-6-4-3-5-7-14/h2-12H,1,17H2/b13-12+. The molecule has 1 heteroatoms. The predicted molar refractivity (Wildman–Crippen MR) is 74.2 cm³/mol. The van der Waals surface area contributed by atoms with Crippen molar-refractivity contribution in [3.8, 4) is 11.1 Å². The summed E-state index contributed by atoms with van der Waals surface area (Å²) in [5.74, 6) is 0. The van der Waals surface area contributed by atoms with Crippen LogP contribution in [0.2, 0.25) is 0 Å². The minimum absolute atomic E-state index is 0.949. The fourth-order valence-corrected chi connectivity index (χ4v) is 1.77. The molecular formula is C16H15N. The van der Waals surface area contributed by atoms with E-state index in [-0.39, 0.29) is 0 Å². The molecule has 0 saturated carbocycles. The highest BCUT2D eigenvalue weighted by molar-refractivity contribution is 5.75. The zero-order chi connectivity index (χ0) is 12.1. The van der Waals surface area contributed by atoms with Gasteiger partial charge in [0.1, 0.15) is 0 Å². The minimum Gasteiger partial charge on any atom is -0.404 e. The van der Waals surface area contributed by atoms with Gasteiger partial charge in [-0.2, -0.15) is 0 Å². The van der Waals surface area contributed by atoms with E-state index in [4.69, 9.17) is 5.73 Å². The molecule has 0 unspecified atom stereocenters. The third kappa shape index (κ3) is 2.45. The molecule has 0 bridgehead atoms. The third-order valence-corrected chi connectivity index (χ3v) is 2.72. The summed E-state index contributed by atoms with van der Waals surface area (Å²) >= 11 is 0. The van der Waals surface area contributed by atoms with Gasteiger partial charge >= 0.3 is 0 Å². The Morgan fingerprint density at radius 3 is 2.00 bits per heavy atom. The summed E-state index contributed by atoms with van der Waals surface area (Å²) in [6.07, 6.45) is 3.34. The van der Waals surface area contributed by atoms with Crippen molar-refractivity contribution in [2.24, 2.45) is 5.73 Å². The number of benzene rings is 2. The number of nitrogens with two attached hydrogens (primary N) is 1. The van der Waals surface area contributed by atoms with Crippen LogP contribution in [0.25, 0.3) is 16.7 Å². The first-order chi connectivity index (χ1) is 8.35. The van der Waals surface area contributed by atoms with E-state index >= 15 is 0 Å². The van der Waals surface area contributed by atoms with Crippen LogP contribution in [0.5, 0.6) is 0 Å². The molecule has 0 aliphatic rings. The smallest absolute Gasteiger partial charge is 0.00173 e. The zero-order valence-corrected chi connectivity index (χ0v) is 9.64. The van der Waals surface area contributed by atoms with Crippen LogP contribution in [-0.4, -0.2) is 0 Å². The number of hydrogen-bond acceptors (Lipinski definition) is 1. The lowest BCUT2D eigenvalue weighted by molar-refractivity contribution is 1.54. The maximum Gasteiger partial charge on any atom is 0.00173 e. The lowest BCUT2D eigenvalue weighted by atomic mass is 10.0. The molecule has 0 amide bonds. The lowest BCUT2D eigenvalue weighted by Crippen LogP contribution is -1.86. The van der Waals surface area contributed by atoms with E-state index in [9.17, 15) is 0 Å². The number of rotatable bonds is 3. The van der Waals surface area contributed by atoms with Gasteiger partial charge in [0.25, 0.3) is 0 Å². The van der Waals surface area contributed by atoms with Crippen LogP contribution in [-0.2, 0) is 0 Å². The Hall–Kier alpha value is -2.28. The molecule has 1 nitrogen and oxygen atoms in total. The van der Waals surface area contributed by atoms with Crippen molar-refractivity contribution in [2.75, 3.05) is 0 Å². The van der Waals surface area contributed by atoms with Crippen molar-refractivity contribution in [1.82, 2.24) is 0 Å². The Morgan fingerprint density at radius 1 is 0.882 bits per heavy atom. The molecule has 0 aromatic heterocycles. The second-order valence-electron chi connectivity index (χ2n) is 3.77. The van der Waals surface area contributed by atoms with E-state index in [1.165, 1.54) is 11.1 Å². The summed E-state index contributed by atoms with van der Waals surface area (Å²) in [5, 5.41) is 0. The van der Waals surface area contributed by atoms with Gasteiger partial charge in [-0.1, -0.05) is 67.3 Å². The fourth-order valence-electron chi connectivity index (χ4n) is 1.77. The Bertz CT molecular complexity index is 521. The molecule has 0 fully saturated rings. The predicted octanol–water partition coefficient (Wildman–Crippen LogP) is 3.84. The quantitative estimate of drug-likeness (QED) is 0.783. The van der Waals surface area contributed by atoms with Crippen molar-refractivity contribution >= 4 is 5.57 Å². The second kappa shape index (κ2) is 5.17. The molecular weight excluding hydrogens is 206 g/mol. The van der Waals surface area contributed by atoms with E-state index in [2.05, 4.69) is 43.0 Å². The molecule has 0 atom stereocenters. The van der Waals surface area contributed by atoms with Gasteiger partial charge in [-0.3, -0.25) is 0 Å². The summed E-state index contributed by atoms with van der Waals surface area (Å²) in [6, 6.07) is 18.6. The minimum atomic E-state index is 0.949. The van der Waals surface area contributed by atoms with Gasteiger partial charge in [0, 0.05) is 6.20 Å². The molecule has 0 heterocycles. The van der Waals surface area contributed by atoms with Crippen molar-refractivity contribution in [3.05, 3.63) is 79.0 Å². The molecule has 0 spiro atoms. The SMILES string of the molecule is C=C/C(=C\N)c1ccc(-c2ccccc2)cc1. The maximum atomic E-state index is 5.53. The second-order valence-corrected chi connectivity index (χ2v) is 3.77. The van der Waals surface area contributed by atoms with Gasteiger partial charge in [-0.15, -0.1) is 0 Å². The van der Waals surface area contributed by atoms with Crippen LogP contribution >= 0.6 is 0 Å². The largest absolute Gasteiger partial charge is 0.404 e. The van der Waals surface area contributed by atoms with Gasteiger partial charge in [0.15, 0.2) is 0 Å². The molecule has 0 saturated heterocycles. The van der Waals surface area contributed by atoms with Crippen LogP contribution in [0, 0.1) is 0 Å². The normalized spacial score (nSPS) is 11.2. The summed E-state index contributed by atoms with van der Waals surface area (Å²) in [7, 11) is 0.